The van der Waals surface area contributed by atoms with Crippen LogP contribution in [-0.2, 0) is 11.8 Å². The van der Waals surface area contributed by atoms with E-state index in [1.165, 1.54) is 0 Å². The number of hydrogen-bond donors (Lipinski definition) is 2. The Morgan fingerprint density at radius 3 is 2.79 bits per heavy atom. The Balaban J connectivity index is 0.00000225. The molecule has 0 spiro atoms. The molecule has 0 aliphatic carbocycles. The van der Waals surface area contributed by atoms with Crippen LogP contribution in [0.25, 0.3) is 0 Å². The monoisotopic (exact) mass is 407 g/mol. The van der Waals surface area contributed by atoms with Gasteiger partial charge in [0.1, 0.15) is 11.7 Å². The zero-order valence-corrected chi connectivity index (χ0v) is 16.7. The van der Waals surface area contributed by atoms with Gasteiger partial charge in [-0.2, -0.15) is 10.2 Å². The fourth-order valence-corrected chi connectivity index (χ4v) is 3.74. The molecule has 10 heteroatoms. The van der Waals surface area contributed by atoms with Crippen LogP contribution in [0.2, 0.25) is 0 Å². The lowest BCUT2D eigenvalue weighted by atomic mass is 10.0. The van der Waals surface area contributed by atoms with Crippen LogP contribution < -0.4 is 15.5 Å². The lowest BCUT2D eigenvalue weighted by molar-refractivity contribution is -0.121. The maximum Gasteiger partial charge on any atom is 0.272 e. The zero-order valence-electron chi connectivity index (χ0n) is 15.9. The Morgan fingerprint density at radius 2 is 2.07 bits per heavy atom. The van der Waals surface area contributed by atoms with Crippen molar-refractivity contribution in [3.8, 4) is 0 Å². The molecule has 2 aliphatic heterocycles. The predicted octanol–water partition coefficient (Wildman–Crippen LogP) is 0.888. The quantitative estimate of drug-likeness (QED) is 0.784. The number of hydrogen-bond acceptors (Lipinski definition) is 5. The zero-order chi connectivity index (χ0) is 18.8. The highest BCUT2D eigenvalue weighted by atomic mass is 35.5. The number of amides is 2. The smallest absolute Gasteiger partial charge is 0.272 e. The van der Waals surface area contributed by atoms with Crippen molar-refractivity contribution in [2.45, 2.75) is 37.8 Å². The molecule has 2 aromatic heterocycles. The van der Waals surface area contributed by atoms with E-state index in [1.54, 1.807) is 21.8 Å². The third kappa shape index (κ3) is 4.20. The molecule has 0 bridgehead atoms. The van der Waals surface area contributed by atoms with Crippen LogP contribution in [-0.4, -0.2) is 57.1 Å². The number of nitrogens with zero attached hydrogens (tertiary/aromatic N) is 5. The average molecular weight is 408 g/mol. The lowest BCUT2D eigenvalue weighted by Gasteiger charge is -2.31. The molecule has 152 valence electrons. The van der Waals surface area contributed by atoms with E-state index in [2.05, 4.69) is 20.8 Å². The second-order valence-corrected chi connectivity index (χ2v) is 7.19. The minimum atomic E-state index is -0.547. The third-order valence-electron chi connectivity index (χ3n) is 5.21. The van der Waals surface area contributed by atoms with Crippen molar-refractivity contribution >= 4 is 30.0 Å². The van der Waals surface area contributed by atoms with E-state index < -0.39 is 6.04 Å². The van der Waals surface area contributed by atoms with E-state index in [0.29, 0.717) is 24.5 Å². The highest BCUT2D eigenvalue weighted by Gasteiger charge is 2.32. The van der Waals surface area contributed by atoms with Gasteiger partial charge in [-0.3, -0.25) is 23.9 Å². The predicted molar refractivity (Wildman–Crippen MR) is 107 cm³/mol. The average Bonchev–Trinajstić information content (AvgIpc) is 3.33. The van der Waals surface area contributed by atoms with E-state index in [4.69, 9.17) is 0 Å². The second kappa shape index (κ2) is 8.74. The minimum Gasteiger partial charge on any atom is -0.339 e. The van der Waals surface area contributed by atoms with Gasteiger partial charge in [0, 0.05) is 38.6 Å². The van der Waals surface area contributed by atoms with Crippen molar-refractivity contribution < 1.29 is 9.59 Å². The number of anilines is 1. The number of rotatable bonds is 4. The number of piperidine rings is 2. The van der Waals surface area contributed by atoms with Crippen LogP contribution >= 0.6 is 12.4 Å². The first-order valence-corrected chi connectivity index (χ1v) is 9.49. The summed E-state index contributed by atoms with van der Waals surface area (Å²) >= 11 is 0. The first-order valence-electron chi connectivity index (χ1n) is 9.49. The summed E-state index contributed by atoms with van der Waals surface area (Å²) in [6.45, 7) is 2.51. The molecule has 4 rings (SSSR count). The Bertz CT molecular complexity index is 828. The number of carbonyl (C=O) groups is 2. The minimum absolute atomic E-state index is 0. The highest BCUT2D eigenvalue weighted by molar-refractivity contribution is 6.01. The van der Waals surface area contributed by atoms with Crippen molar-refractivity contribution in [2.24, 2.45) is 7.05 Å². The van der Waals surface area contributed by atoms with Crippen LogP contribution in [0.15, 0.2) is 24.5 Å². The number of halogens is 1. The summed E-state index contributed by atoms with van der Waals surface area (Å²) in [6.07, 6.45) is 7.24. The summed E-state index contributed by atoms with van der Waals surface area (Å²) in [5, 5.41) is 14.9. The molecule has 2 fully saturated rings. The maximum atomic E-state index is 12.8. The molecule has 4 heterocycles. The molecule has 0 aromatic carbocycles. The van der Waals surface area contributed by atoms with Gasteiger partial charge < -0.3 is 10.6 Å². The number of carbonyl (C=O) groups excluding carboxylic acids is 2. The normalized spacial score (nSPS) is 22.6. The van der Waals surface area contributed by atoms with Crippen LogP contribution in [0.4, 0.5) is 5.82 Å². The molecule has 28 heavy (non-hydrogen) atoms. The summed E-state index contributed by atoms with van der Waals surface area (Å²) in [7, 11) is 1.81. The van der Waals surface area contributed by atoms with Crippen LogP contribution in [0.3, 0.4) is 0 Å². The van der Waals surface area contributed by atoms with Crippen molar-refractivity contribution in [1.29, 1.82) is 0 Å². The van der Waals surface area contributed by atoms with Crippen LogP contribution in [0, 0.1) is 0 Å². The summed E-state index contributed by atoms with van der Waals surface area (Å²) in [4.78, 5) is 27.0. The van der Waals surface area contributed by atoms with E-state index >= 15 is 0 Å². The molecule has 0 radical (unpaired) electrons. The van der Waals surface area contributed by atoms with E-state index in [0.717, 1.165) is 32.4 Å². The molecule has 2 unspecified atom stereocenters. The SMILES string of the molecule is Cl.Cn1ccc(N2CCCC(NC(=O)c3ccn(C4CCCNC4)n3)C2=O)n1. The largest absolute Gasteiger partial charge is 0.339 e. The molecule has 9 nitrogen and oxygen atoms in total. The van der Waals surface area contributed by atoms with Gasteiger partial charge in [0.05, 0.1) is 6.04 Å². The van der Waals surface area contributed by atoms with Gasteiger partial charge >= 0.3 is 0 Å². The van der Waals surface area contributed by atoms with Gasteiger partial charge in [0.15, 0.2) is 5.82 Å². The molecule has 2 aromatic rings. The van der Waals surface area contributed by atoms with Crippen molar-refractivity contribution in [2.75, 3.05) is 24.5 Å². The topological polar surface area (TPSA) is 97.1 Å². The van der Waals surface area contributed by atoms with Gasteiger partial charge in [-0.05, 0) is 38.3 Å². The van der Waals surface area contributed by atoms with E-state index in [-0.39, 0.29) is 30.3 Å². The number of aromatic nitrogens is 4. The van der Waals surface area contributed by atoms with E-state index in [9.17, 15) is 9.59 Å². The lowest BCUT2D eigenvalue weighted by Crippen LogP contribution is -2.52. The van der Waals surface area contributed by atoms with Crippen LogP contribution in [0.5, 0.6) is 0 Å². The second-order valence-electron chi connectivity index (χ2n) is 7.19. The Morgan fingerprint density at radius 1 is 1.21 bits per heavy atom. The van der Waals surface area contributed by atoms with Gasteiger partial charge in [-0.1, -0.05) is 0 Å². The third-order valence-corrected chi connectivity index (χ3v) is 5.21. The fraction of sp³-hybridized carbons (Fsp3) is 0.556. The summed E-state index contributed by atoms with van der Waals surface area (Å²) in [6, 6.07) is 3.25. The molecule has 2 aliphatic rings. The number of nitrogens with one attached hydrogen (secondary N) is 2. The standard InChI is InChI=1S/C18H25N7O2.ClH/c1-23-10-7-16(22-23)24-9-3-5-15(18(24)27)20-17(26)14-6-11-25(21-14)13-4-2-8-19-12-13;/h6-7,10-11,13,15,19H,2-5,8-9,12H2,1H3,(H,20,26);1H. The molecule has 2 atom stereocenters. The highest BCUT2D eigenvalue weighted by Crippen LogP contribution is 2.20. The van der Waals surface area contributed by atoms with Gasteiger partial charge in [-0.15, -0.1) is 12.4 Å². The van der Waals surface area contributed by atoms with Crippen molar-refractivity contribution in [1.82, 2.24) is 30.2 Å². The van der Waals surface area contributed by atoms with Crippen LogP contribution in [0.1, 0.15) is 42.2 Å². The van der Waals surface area contributed by atoms with Crippen molar-refractivity contribution in [3.05, 3.63) is 30.2 Å². The number of aryl methyl sites for hydroxylation is 1. The Kier molecular flexibility index (Phi) is 6.35. The first-order chi connectivity index (χ1) is 13.1. The first kappa shape index (κ1) is 20.3. The molecule has 2 saturated heterocycles. The molecule has 2 amide bonds. The maximum absolute atomic E-state index is 12.8. The molecule has 0 saturated carbocycles. The van der Waals surface area contributed by atoms with Crippen molar-refractivity contribution in [3.63, 3.8) is 0 Å². The van der Waals surface area contributed by atoms with Gasteiger partial charge in [0.25, 0.3) is 11.8 Å². The van der Waals surface area contributed by atoms with Gasteiger partial charge in [-0.25, -0.2) is 0 Å². The van der Waals surface area contributed by atoms with Gasteiger partial charge in [0.2, 0.25) is 0 Å². The summed E-state index contributed by atoms with van der Waals surface area (Å²) in [5.74, 6) is 0.193. The fourth-order valence-electron chi connectivity index (χ4n) is 3.74. The Hall–Kier alpha value is -2.39. The van der Waals surface area contributed by atoms with E-state index in [1.807, 2.05) is 24.0 Å². The molecule has 2 N–H and O–H groups in total. The molecular formula is C18H26ClN7O2. The molecular weight excluding hydrogens is 382 g/mol. The summed E-state index contributed by atoms with van der Waals surface area (Å²) < 4.78 is 3.52. The summed E-state index contributed by atoms with van der Waals surface area (Å²) in [5.41, 5.74) is 0.350. The Labute approximate surface area is 169 Å².